The van der Waals surface area contributed by atoms with Gasteiger partial charge in [0.15, 0.2) is 0 Å². The zero-order valence-corrected chi connectivity index (χ0v) is 16.5. The summed E-state index contributed by atoms with van der Waals surface area (Å²) in [6.45, 7) is 4.10. The Morgan fingerprint density at radius 2 is 1.76 bits per heavy atom. The topological polar surface area (TPSA) is 74.5 Å². The van der Waals surface area contributed by atoms with Crippen LogP contribution in [0.5, 0.6) is 0 Å². The van der Waals surface area contributed by atoms with Crippen molar-refractivity contribution in [1.29, 1.82) is 0 Å². The maximum atomic E-state index is 12.7. The molecule has 1 fully saturated rings. The molecule has 0 atom stereocenters. The summed E-state index contributed by atoms with van der Waals surface area (Å²) in [5.74, 6) is -0.181. The largest absolute Gasteiger partial charge is 0.397 e. The van der Waals surface area contributed by atoms with Crippen LogP contribution in [0.25, 0.3) is 11.3 Å². The fourth-order valence-corrected chi connectivity index (χ4v) is 3.44. The third kappa shape index (κ3) is 4.38. The highest BCUT2D eigenvalue weighted by Crippen LogP contribution is 2.27. The lowest BCUT2D eigenvalue weighted by atomic mass is 10.1. The maximum absolute atomic E-state index is 12.7. The summed E-state index contributed by atoms with van der Waals surface area (Å²) < 4.78 is 0. The fraction of sp³-hybridized carbons (Fsp3) is 0.217. The Balaban J connectivity index is 1.48. The van der Waals surface area contributed by atoms with Crippen LogP contribution in [-0.4, -0.2) is 49.0 Å². The number of nitrogens with two attached hydrogens (primary N) is 1. The molecule has 1 aliphatic heterocycles. The summed E-state index contributed by atoms with van der Waals surface area (Å²) in [4.78, 5) is 21.8. The Hall–Kier alpha value is -3.38. The first-order valence-electron chi connectivity index (χ1n) is 9.76. The van der Waals surface area contributed by atoms with Crippen LogP contribution in [0.2, 0.25) is 0 Å². The number of carbonyl (C=O) groups excluding carboxylic acids is 1. The van der Waals surface area contributed by atoms with Crippen molar-refractivity contribution in [3.05, 3.63) is 72.4 Å². The lowest BCUT2D eigenvalue weighted by Crippen LogP contribution is -2.44. The van der Waals surface area contributed by atoms with Crippen molar-refractivity contribution in [1.82, 2.24) is 9.88 Å². The van der Waals surface area contributed by atoms with Crippen molar-refractivity contribution < 1.29 is 4.79 Å². The summed E-state index contributed by atoms with van der Waals surface area (Å²) >= 11 is 0. The van der Waals surface area contributed by atoms with Gasteiger partial charge in [0.1, 0.15) is 0 Å². The zero-order valence-electron chi connectivity index (χ0n) is 16.5. The Labute approximate surface area is 171 Å². The second kappa shape index (κ2) is 8.32. The fourth-order valence-electron chi connectivity index (χ4n) is 3.44. The monoisotopic (exact) mass is 387 g/mol. The number of nitrogens with zero attached hydrogens (tertiary/aromatic N) is 3. The predicted octanol–water partition coefficient (Wildman–Crippen LogP) is 3.33. The van der Waals surface area contributed by atoms with Gasteiger partial charge in [-0.15, -0.1) is 0 Å². The van der Waals surface area contributed by atoms with E-state index in [0.717, 1.165) is 43.1 Å². The van der Waals surface area contributed by atoms with Crippen LogP contribution >= 0.6 is 0 Å². The third-order valence-electron chi connectivity index (χ3n) is 5.26. The van der Waals surface area contributed by atoms with Crippen LogP contribution in [0.4, 0.5) is 17.1 Å². The molecule has 4 rings (SSSR count). The molecular weight excluding hydrogens is 362 g/mol. The SMILES string of the molecule is CN1CCN(c2ccc(C(=O)Nc3cc(-c4ccccn4)ccc3N)cc2)CC1. The number of aromatic nitrogens is 1. The lowest BCUT2D eigenvalue weighted by Gasteiger charge is -2.34. The molecule has 148 valence electrons. The number of hydrogen-bond donors (Lipinski definition) is 2. The van der Waals surface area contributed by atoms with Gasteiger partial charge in [-0.25, -0.2) is 0 Å². The quantitative estimate of drug-likeness (QED) is 0.672. The molecule has 0 spiro atoms. The average molecular weight is 387 g/mol. The van der Waals surface area contributed by atoms with Gasteiger partial charge in [-0.1, -0.05) is 12.1 Å². The van der Waals surface area contributed by atoms with E-state index in [1.165, 1.54) is 0 Å². The maximum Gasteiger partial charge on any atom is 0.255 e. The highest BCUT2D eigenvalue weighted by molar-refractivity contribution is 6.06. The highest BCUT2D eigenvalue weighted by Gasteiger charge is 2.15. The van der Waals surface area contributed by atoms with Crippen LogP contribution in [0.3, 0.4) is 0 Å². The molecule has 3 N–H and O–H groups in total. The van der Waals surface area contributed by atoms with E-state index in [9.17, 15) is 4.79 Å². The van der Waals surface area contributed by atoms with Crippen molar-refractivity contribution in [3.8, 4) is 11.3 Å². The second-order valence-corrected chi connectivity index (χ2v) is 7.31. The molecule has 6 nitrogen and oxygen atoms in total. The zero-order chi connectivity index (χ0) is 20.2. The number of carbonyl (C=O) groups is 1. The summed E-state index contributed by atoms with van der Waals surface area (Å²) in [5, 5.41) is 2.93. The van der Waals surface area contributed by atoms with E-state index in [-0.39, 0.29) is 5.91 Å². The summed E-state index contributed by atoms with van der Waals surface area (Å²) in [6, 6.07) is 19.0. The molecule has 0 bridgehead atoms. The van der Waals surface area contributed by atoms with E-state index in [2.05, 4.69) is 27.1 Å². The molecule has 0 saturated carbocycles. The lowest BCUT2D eigenvalue weighted by molar-refractivity contribution is 0.102. The van der Waals surface area contributed by atoms with Gasteiger partial charge in [-0.3, -0.25) is 9.78 Å². The molecule has 1 saturated heterocycles. The average Bonchev–Trinajstić information content (AvgIpc) is 2.76. The van der Waals surface area contributed by atoms with Crippen molar-refractivity contribution in [3.63, 3.8) is 0 Å². The van der Waals surface area contributed by atoms with Crippen LogP contribution < -0.4 is 16.0 Å². The molecule has 29 heavy (non-hydrogen) atoms. The summed E-state index contributed by atoms with van der Waals surface area (Å²) in [6.07, 6.45) is 1.74. The summed E-state index contributed by atoms with van der Waals surface area (Å²) in [5.41, 5.74) is 10.7. The van der Waals surface area contributed by atoms with E-state index >= 15 is 0 Å². The van der Waals surface area contributed by atoms with E-state index in [1.54, 1.807) is 12.3 Å². The molecule has 1 amide bonds. The number of amides is 1. The Morgan fingerprint density at radius 3 is 2.45 bits per heavy atom. The highest BCUT2D eigenvalue weighted by atomic mass is 16.1. The first kappa shape index (κ1) is 19.0. The second-order valence-electron chi connectivity index (χ2n) is 7.31. The first-order valence-corrected chi connectivity index (χ1v) is 9.76. The summed E-state index contributed by atoms with van der Waals surface area (Å²) in [7, 11) is 2.14. The van der Waals surface area contributed by atoms with E-state index in [1.807, 2.05) is 54.6 Å². The molecule has 1 aromatic heterocycles. The van der Waals surface area contributed by atoms with Gasteiger partial charge >= 0.3 is 0 Å². The smallest absolute Gasteiger partial charge is 0.255 e. The number of hydrogen-bond acceptors (Lipinski definition) is 5. The van der Waals surface area contributed by atoms with Gasteiger partial charge in [0, 0.05) is 49.2 Å². The van der Waals surface area contributed by atoms with E-state index in [4.69, 9.17) is 5.73 Å². The Kier molecular flexibility index (Phi) is 5.44. The number of anilines is 3. The Morgan fingerprint density at radius 1 is 1.00 bits per heavy atom. The van der Waals surface area contributed by atoms with E-state index < -0.39 is 0 Å². The molecule has 6 heteroatoms. The molecule has 0 radical (unpaired) electrons. The van der Waals surface area contributed by atoms with Crippen LogP contribution in [0, 0.1) is 0 Å². The van der Waals surface area contributed by atoms with Crippen molar-refractivity contribution >= 4 is 23.0 Å². The molecular formula is C23H25N5O. The van der Waals surface area contributed by atoms with Crippen LogP contribution in [-0.2, 0) is 0 Å². The minimum Gasteiger partial charge on any atom is -0.397 e. The number of piperazine rings is 1. The molecule has 0 aliphatic carbocycles. The van der Waals surface area contributed by atoms with Gasteiger partial charge in [-0.2, -0.15) is 0 Å². The number of nitrogens with one attached hydrogen (secondary N) is 1. The minimum absolute atomic E-state index is 0.181. The normalized spacial score (nSPS) is 14.6. The first-order chi connectivity index (χ1) is 14.1. The van der Waals surface area contributed by atoms with Gasteiger partial charge in [0.25, 0.3) is 5.91 Å². The number of likely N-dealkylation sites (N-methyl/N-ethyl adjacent to an activating group) is 1. The number of benzene rings is 2. The van der Waals surface area contributed by atoms with Crippen LogP contribution in [0.15, 0.2) is 66.9 Å². The molecule has 2 aromatic carbocycles. The van der Waals surface area contributed by atoms with E-state index in [0.29, 0.717) is 16.9 Å². The number of rotatable bonds is 4. The molecule has 3 aromatic rings. The number of nitrogen functional groups attached to an aromatic ring is 1. The minimum atomic E-state index is -0.181. The Bertz CT molecular complexity index is 980. The van der Waals surface area contributed by atoms with Crippen molar-refractivity contribution in [2.75, 3.05) is 49.2 Å². The predicted molar refractivity (Wildman–Crippen MR) is 118 cm³/mol. The molecule has 2 heterocycles. The standard InChI is InChI=1S/C23H25N5O/c1-27-12-14-28(15-13-27)19-8-5-17(6-9-19)23(29)26-22-16-18(7-10-20(22)24)21-4-2-3-11-25-21/h2-11,16H,12-15,24H2,1H3,(H,26,29). The van der Waals surface area contributed by atoms with Gasteiger partial charge in [0.05, 0.1) is 17.1 Å². The number of pyridine rings is 1. The van der Waals surface area contributed by atoms with Crippen molar-refractivity contribution in [2.24, 2.45) is 0 Å². The van der Waals surface area contributed by atoms with Crippen molar-refractivity contribution in [2.45, 2.75) is 0 Å². The van der Waals surface area contributed by atoms with Gasteiger partial charge < -0.3 is 20.9 Å². The van der Waals surface area contributed by atoms with Crippen LogP contribution in [0.1, 0.15) is 10.4 Å². The third-order valence-corrected chi connectivity index (χ3v) is 5.26. The van der Waals surface area contributed by atoms with Gasteiger partial charge in [0.2, 0.25) is 0 Å². The molecule has 1 aliphatic rings. The molecule has 0 unspecified atom stereocenters. The van der Waals surface area contributed by atoms with Gasteiger partial charge in [-0.05, 0) is 55.6 Å².